The molecular weight excluding hydrogens is 234 g/mol. The molecule has 0 heterocycles. The van der Waals surface area contributed by atoms with Gasteiger partial charge in [-0.2, -0.15) is 0 Å². The molecule has 0 bridgehead atoms. The SMILES string of the molecule is COc1ccc(OCCC(=O)NC[C@@H](C)O)cc1. The molecule has 2 N–H and O–H groups in total. The summed E-state index contributed by atoms with van der Waals surface area (Å²) in [6.45, 7) is 2.19. The van der Waals surface area contributed by atoms with Crippen molar-refractivity contribution in [2.24, 2.45) is 0 Å². The number of nitrogens with one attached hydrogen (secondary N) is 1. The Morgan fingerprint density at radius 3 is 2.50 bits per heavy atom. The minimum absolute atomic E-state index is 0.135. The number of rotatable bonds is 7. The van der Waals surface area contributed by atoms with E-state index in [9.17, 15) is 4.79 Å². The van der Waals surface area contributed by atoms with Crippen molar-refractivity contribution in [3.05, 3.63) is 24.3 Å². The molecule has 18 heavy (non-hydrogen) atoms. The molecule has 1 aromatic rings. The Morgan fingerprint density at radius 2 is 1.94 bits per heavy atom. The van der Waals surface area contributed by atoms with Crippen LogP contribution in [0.2, 0.25) is 0 Å². The second kappa shape index (κ2) is 7.55. The van der Waals surface area contributed by atoms with E-state index in [1.54, 1.807) is 38.3 Å². The van der Waals surface area contributed by atoms with Crippen molar-refractivity contribution in [2.45, 2.75) is 19.4 Å². The number of hydrogen-bond acceptors (Lipinski definition) is 4. The first kappa shape index (κ1) is 14.3. The predicted octanol–water partition coefficient (Wildman–Crippen LogP) is 0.961. The van der Waals surface area contributed by atoms with Crippen molar-refractivity contribution in [3.63, 3.8) is 0 Å². The maximum absolute atomic E-state index is 11.3. The van der Waals surface area contributed by atoms with E-state index in [1.807, 2.05) is 0 Å². The van der Waals surface area contributed by atoms with Crippen molar-refractivity contribution in [2.75, 3.05) is 20.3 Å². The largest absolute Gasteiger partial charge is 0.497 e. The molecule has 1 atom stereocenters. The molecule has 1 rings (SSSR count). The Hall–Kier alpha value is -1.75. The van der Waals surface area contributed by atoms with Crippen molar-refractivity contribution in [1.82, 2.24) is 5.32 Å². The van der Waals surface area contributed by atoms with Gasteiger partial charge in [-0.05, 0) is 31.2 Å². The van der Waals surface area contributed by atoms with Gasteiger partial charge in [0.2, 0.25) is 5.91 Å². The summed E-state index contributed by atoms with van der Waals surface area (Å²) >= 11 is 0. The van der Waals surface area contributed by atoms with Crippen molar-refractivity contribution in [1.29, 1.82) is 0 Å². The number of carbonyl (C=O) groups excluding carboxylic acids is 1. The van der Waals surface area contributed by atoms with Crippen LogP contribution in [0.1, 0.15) is 13.3 Å². The monoisotopic (exact) mass is 253 g/mol. The van der Waals surface area contributed by atoms with Crippen LogP contribution >= 0.6 is 0 Å². The Kier molecular flexibility index (Phi) is 6.00. The summed E-state index contributed by atoms with van der Waals surface area (Å²) in [6, 6.07) is 7.16. The standard InChI is InChI=1S/C13H19NO4/c1-10(15)9-14-13(16)7-8-18-12-5-3-11(17-2)4-6-12/h3-6,10,15H,7-9H2,1-2H3,(H,14,16)/t10-/m1/s1. The van der Waals surface area contributed by atoms with E-state index in [0.29, 0.717) is 12.4 Å². The molecular formula is C13H19NO4. The zero-order valence-electron chi connectivity index (χ0n) is 10.7. The maximum Gasteiger partial charge on any atom is 0.223 e. The van der Waals surface area contributed by atoms with E-state index in [0.717, 1.165) is 5.75 Å². The molecule has 0 radical (unpaired) electrons. The number of benzene rings is 1. The Morgan fingerprint density at radius 1 is 1.33 bits per heavy atom. The van der Waals surface area contributed by atoms with E-state index >= 15 is 0 Å². The molecule has 100 valence electrons. The third kappa shape index (κ3) is 5.54. The first-order chi connectivity index (χ1) is 8.61. The fraction of sp³-hybridized carbons (Fsp3) is 0.462. The second-order valence-corrected chi connectivity index (χ2v) is 3.93. The van der Waals surface area contributed by atoms with E-state index in [1.165, 1.54) is 0 Å². The van der Waals surface area contributed by atoms with Gasteiger partial charge in [-0.25, -0.2) is 0 Å². The zero-order chi connectivity index (χ0) is 13.4. The van der Waals surface area contributed by atoms with E-state index < -0.39 is 6.10 Å². The van der Waals surface area contributed by atoms with Gasteiger partial charge >= 0.3 is 0 Å². The molecule has 5 nitrogen and oxygen atoms in total. The minimum atomic E-state index is -0.531. The normalized spacial score (nSPS) is 11.7. The van der Waals surface area contributed by atoms with Crippen LogP contribution in [-0.2, 0) is 4.79 Å². The maximum atomic E-state index is 11.3. The fourth-order valence-electron chi connectivity index (χ4n) is 1.28. The molecule has 0 saturated carbocycles. The highest BCUT2D eigenvalue weighted by molar-refractivity contribution is 5.75. The molecule has 5 heteroatoms. The molecule has 0 aliphatic rings. The van der Waals surface area contributed by atoms with Crippen molar-refractivity contribution in [3.8, 4) is 11.5 Å². The molecule has 0 spiro atoms. The van der Waals surface area contributed by atoms with Crippen molar-refractivity contribution >= 4 is 5.91 Å². The smallest absolute Gasteiger partial charge is 0.223 e. The molecule has 0 aromatic heterocycles. The first-order valence-electron chi connectivity index (χ1n) is 5.83. The third-order valence-electron chi connectivity index (χ3n) is 2.25. The summed E-state index contributed by atoms with van der Waals surface area (Å²) in [5.74, 6) is 1.32. The van der Waals surface area contributed by atoms with Gasteiger partial charge in [0.25, 0.3) is 0 Å². The van der Waals surface area contributed by atoms with Crippen LogP contribution in [0.4, 0.5) is 0 Å². The molecule has 0 saturated heterocycles. The number of ether oxygens (including phenoxy) is 2. The average molecular weight is 253 g/mol. The van der Waals surface area contributed by atoms with Crippen LogP contribution in [0.3, 0.4) is 0 Å². The van der Waals surface area contributed by atoms with Crippen LogP contribution in [0, 0.1) is 0 Å². The average Bonchev–Trinajstić information content (AvgIpc) is 2.37. The summed E-state index contributed by atoms with van der Waals surface area (Å²) in [7, 11) is 1.60. The lowest BCUT2D eigenvalue weighted by molar-refractivity contribution is -0.122. The summed E-state index contributed by atoms with van der Waals surface area (Å²) in [4.78, 5) is 11.3. The van der Waals surface area contributed by atoms with Gasteiger partial charge in [-0.15, -0.1) is 0 Å². The number of amides is 1. The zero-order valence-corrected chi connectivity index (χ0v) is 10.7. The Balaban J connectivity index is 2.22. The first-order valence-corrected chi connectivity index (χ1v) is 5.83. The van der Waals surface area contributed by atoms with Gasteiger partial charge in [-0.1, -0.05) is 0 Å². The quantitative estimate of drug-likeness (QED) is 0.759. The van der Waals surface area contributed by atoms with Crippen LogP contribution in [0.25, 0.3) is 0 Å². The lowest BCUT2D eigenvalue weighted by atomic mass is 10.3. The minimum Gasteiger partial charge on any atom is -0.497 e. The highest BCUT2D eigenvalue weighted by Gasteiger charge is 2.03. The Bertz CT molecular complexity index is 362. The summed E-state index contributed by atoms with van der Waals surface area (Å²) in [5.41, 5.74) is 0. The van der Waals surface area contributed by atoms with Gasteiger partial charge in [0.1, 0.15) is 11.5 Å². The lowest BCUT2D eigenvalue weighted by Gasteiger charge is -2.08. The number of aliphatic hydroxyl groups is 1. The molecule has 0 aliphatic carbocycles. The van der Waals surface area contributed by atoms with Gasteiger partial charge in [0.05, 0.1) is 26.2 Å². The van der Waals surface area contributed by atoms with Gasteiger partial charge in [-0.3, -0.25) is 4.79 Å². The van der Waals surface area contributed by atoms with Crippen LogP contribution in [-0.4, -0.2) is 37.4 Å². The molecule has 0 unspecified atom stereocenters. The molecule has 1 amide bonds. The Labute approximate surface area is 107 Å². The molecule has 0 aliphatic heterocycles. The van der Waals surface area contributed by atoms with Gasteiger partial charge in [0, 0.05) is 6.54 Å². The predicted molar refractivity (Wildman–Crippen MR) is 67.8 cm³/mol. The number of hydrogen-bond donors (Lipinski definition) is 2. The van der Waals surface area contributed by atoms with E-state index in [4.69, 9.17) is 14.6 Å². The third-order valence-corrected chi connectivity index (χ3v) is 2.25. The number of aliphatic hydroxyl groups excluding tert-OH is 1. The number of methoxy groups -OCH3 is 1. The summed E-state index contributed by atoms with van der Waals surface area (Å²) in [5, 5.41) is 11.6. The number of carbonyl (C=O) groups is 1. The highest BCUT2D eigenvalue weighted by atomic mass is 16.5. The fourth-order valence-corrected chi connectivity index (χ4v) is 1.28. The van der Waals surface area contributed by atoms with Crippen molar-refractivity contribution < 1.29 is 19.4 Å². The van der Waals surface area contributed by atoms with Crippen LogP contribution in [0.15, 0.2) is 24.3 Å². The topological polar surface area (TPSA) is 67.8 Å². The summed E-state index contributed by atoms with van der Waals surface area (Å²) in [6.07, 6.45) is -0.268. The van der Waals surface area contributed by atoms with Gasteiger partial charge in [0.15, 0.2) is 0 Å². The summed E-state index contributed by atoms with van der Waals surface area (Å²) < 4.78 is 10.4. The molecule has 1 aromatic carbocycles. The van der Waals surface area contributed by atoms with Crippen LogP contribution < -0.4 is 14.8 Å². The van der Waals surface area contributed by atoms with E-state index in [-0.39, 0.29) is 18.9 Å². The van der Waals surface area contributed by atoms with E-state index in [2.05, 4.69) is 5.32 Å². The highest BCUT2D eigenvalue weighted by Crippen LogP contribution is 2.16. The van der Waals surface area contributed by atoms with Gasteiger partial charge < -0.3 is 19.9 Å². The molecule has 0 fully saturated rings. The second-order valence-electron chi connectivity index (χ2n) is 3.93. The lowest BCUT2D eigenvalue weighted by Crippen LogP contribution is -2.31. The van der Waals surface area contributed by atoms with Crippen LogP contribution in [0.5, 0.6) is 11.5 Å².